The predicted octanol–water partition coefficient (Wildman–Crippen LogP) is -0.946. The zero-order chi connectivity index (χ0) is 30.8. The lowest BCUT2D eigenvalue weighted by molar-refractivity contribution is -0.137. The third-order valence-corrected chi connectivity index (χ3v) is 8.27. The summed E-state index contributed by atoms with van der Waals surface area (Å²) in [5.41, 5.74) is 5.49. The summed E-state index contributed by atoms with van der Waals surface area (Å²) in [4.78, 5) is 29.2. The highest BCUT2D eigenvalue weighted by Gasteiger charge is 2.31. The van der Waals surface area contributed by atoms with Gasteiger partial charge in [-0.1, -0.05) is 36.4 Å². The highest BCUT2D eigenvalue weighted by molar-refractivity contribution is 6.62. The molecule has 2 aromatic carbocycles. The molecule has 43 heavy (non-hydrogen) atoms. The molecule has 0 aliphatic carbocycles. The first-order valence-corrected chi connectivity index (χ1v) is 15.1. The highest BCUT2D eigenvalue weighted by atomic mass is 16.5. The van der Waals surface area contributed by atoms with E-state index in [0.29, 0.717) is 32.5 Å². The van der Waals surface area contributed by atoms with Gasteiger partial charge >= 0.3 is 20.2 Å². The number of nitrogens with one attached hydrogen (secondary N) is 1. The number of amides is 1. The normalized spacial score (nSPS) is 18.3. The Hall–Kier alpha value is -2.77. The summed E-state index contributed by atoms with van der Waals surface area (Å²) in [5.74, 6) is -0.630. The zero-order valence-corrected chi connectivity index (χ0v) is 25.3. The van der Waals surface area contributed by atoms with Crippen molar-refractivity contribution in [2.75, 3.05) is 66.5 Å². The van der Waals surface area contributed by atoms with Crippen molar-refractivity contribution in [2.24, 2.45) is 0 Å². The average molecular weight is 594 g/mol. The summed E-state index contributed by atoms with van der Waals surface area (Å²) in [6.07, 6.45) is 1.66. The van der Waals surface area contributed by atoms with Crippen LogP contribution in [0.15, 0.2) is 36.4 Å². The van der Waals surface area contributed by atoms with Gasteiger partial charge in [-0.3, -0.25) is 9.59 Å². The lowest BCUT2D eigenvalue weighted by Crippen LogP contribution is -2.47. The number of hydrogen-bond donors (Lipinski definition) is 4. The van der Waals surface area contributed by atoms with Gasteiger partial charge < -0.3 is 44.5 Å². The molecule has 4 heterocycles. The van der Waals surface area contributed by atoms with Gasteiger partial charge in [-0.2, -0.15) is 0 Å². The lowest BCUT2D eigenvalue weighted by atomic mass is 9.75. The number of hydrogen-bond acceptors (Lipinski definition) is 9. The van der Waals surface area contributed by atoms with Crippen molar-refractivity contribution in [3.63, 3.8) is 0 Å². The third kappa shape index (κ3) is 9.61. The number of piperazine rings is 2. The van der Waals surface area contributed by atoms with E-state index in [1.807, 2.05) is 41.3 Å². The molecule has 0 radical (unpaired) electrons. The van der Waals surface area contributed by atoms with Crippen LogP contribution in [0.4, 0.5) is 0 Å². The van der Waals surface area contributed by atoms with E-state index in [0.717, 1.165) is 72.4 Å². The van der Waals surface area contributed by atoms with Crippen LogP contribution in [0.1, 0.15) is 35.1 Å². The number of carboxylic acid groups (broad SMARTS) is 1. The molecular weight excluding hydrogens is 550 g/mol. The van der Waals surface area contributed by atoms with Crippen LogP contribution < -0.4 is 16.2 Å². The Morgan fingerprint density at radius 3 is 1.72 bits per heavy atom. The fourth-order valence-electron chi connectivity index (χ4n) is 5.63. The van der Waals surface area contributed by atoms with Crippen LogP contribution in [0.3, 0.4) is 0 Å². The number of rotatable bonds is 6. The Bertz CT molecular complexity index is 1220. The SMILES string of the molecule is CN1CCN(C(=O)CCc2cccc3c2B(O)OC3)CC1.CN1CCNCC1.O=C(O)CCc1cccc2c1B(O)OC2. The van der Waals surface area contributed by atoms with Crippen LogP contribution in [0, 0.1) is 0 Å². The molecule has 4 aliphatic rings. The number of aryl methyl sites for hydroxylation is 2. The lowest BCUT2D eigenvalue weighted by Gasteiger charge is -2.32. The minimum absolute atomic E-state index is 0.0726. The molecule has 2 fully saturated rings. The number of carboxylic acids is 1. The van der Waals surface area contributed by atoms with Gasteiger partial charge in [0.25, 0.3) is 0 Å². The number of carbonyl (C=O) groups excluding carboxylic acids is 1. The summed E-state index contributed by atoms with van der Waals surface area (Å²) in [7, 11) is 2.50. The fourth-order valence-corrected chi connectivity index (χ4v) is 5.63. The molecule has 4 N–H and O–H groups in total. The molecule has 232 valence electrons. The predicted molar refractivity (Wildman–Crippen MR) is 166 cm³/mol. The largest absolute Gasteiger partial charge is 0.492 e. The molecule has 11 nitrogen and oxygen atoms in total. The summed E-state index contributed by atoms with van der Waals surface area (Å²) in [5, 5.41) is 31.3. The maximum absolute atomic E-state index is 12.3. The van der Waals surface area contributed by atoms with Gasteiger partial charge in [-0.25, -0.2) is 0 Å². The zero-order valence-electron chi connectivity index (χ0n) is 25.3. The summed E-state index contributed by atoms with van der Waals surface area (Å²) < 4.78 is 10.3. The van der Waals surface area contributed by atoms with Crippen molar-refractivity contribution >= 4 is 37.0 Å². The molecule has 0 aromatic heterocycles. The number of aliphatic carboxylic acids is 1. The quantitative estimate of drug-likeness (QED) is 0.311. The highest BCUT2D eigenvalue weighted by Crippen LogP contribution is 2.15. The van der Waals surface area contributed by atoms with Crippen LogP contribution >= 0.6 is 0 Å². The van der Waals surface area contributed by atoms with Crippen molar-refractivity contribution in [3.8, 4) is 0 Å². The minimum Gasteiger partial charge on any atom is -0.481 e. The molecule has 0 bridgehead atoms. The van der Waals surface area contributed by atoms with Crippen LogP contribution in [0.5, 0.6) is 0 Å². The van der Waals surface area contributed by atoms with Crippen molar-refractivity contribution < 1.29 is 34.1 Å². The first-order valence-electron chi connectivity index (χ1n) is 15.1. The molecule has 6 rings (SSSR count). The number of carbonyl (C=O) groups is 2. The van der Waals surface area contributed by atoms with E-state index in [1.165, 1.54) is 13.1 Å². The molecule has 0 atom stereocenters. The molecule has 0 unspecified atom stereocenters. The molecule has 13 heteroatoms. The Balaban J connectivity index is 0.000000167. The number of nitrogens with zero attached hydrogens (tertiary/aromatic N) is 3. The smallest absolute Gasteiger partial charge is 0.481 e. The maximum atomic E-state index is 12.3. The van der Waals surface area contributed by atoms with E-state index in [-0.39, 0.29) is 12.3 Å². The van der Waals surface area contributed by atoms with E-state index >= 15 is 0 Å². The second kappa shape index (κ2) is 16.3. The van der Waals surface area contributed by atoms with Gasteiger partial charge in [0.05, 0.1) is 13.2 Å². The summed E-state index contributed by atoms with van der Waals surface area (Å²) in [6, 6.07) is 11.5. The van der Waals surface area contributed by atoms with Gasteiger partial charge in [0.15, 0.2) is 0 Å². The molecule has 0 spiro atoms. The van der Waals surface area contributed by atoms with Crippen LogP contribution in [-0.2, 0) is 45.0 Å². The number of fused-ring (bicyclic) bond motifs is 2. The molecule has 4 aliphatic heterocycles. The van der Waals surface area contributed by atoms with Crippen molar-refractivity contribution in [3.05, 3.63) is 58.7 Å². The van der Waals surface area contributed by atoms with E-state index in [9.17, 15) is 19.6 Å². The van der Waals surface area contributed by atoms with E-state index in [4.69, 9.17) is 14.4 Å². The van der Waals surface area contributed by atoms with Crippen LogP contribution in [0.25, 0.3) is 0 Å². The summed E-state index contributed by atoms with van der Waals surface area (Å²) in [6.45, 7) is 9.11. The minimum atomic E-state index is -0.898. The van der Waals surface area contributed by atoms with Crippen molar-refractivity contribution in [1.29, 1.82) is 0 Å². The van der Waals surface area contributed by atoms with Gasteiger partial charge in [0, 0.05) is 65.2 Å². The van der Waals surface area contributed by atoms with E-state index < -0.39 is 20.2 Å². The average Bonchev–Trinajstić information content (AvgIpc) is 3.59. The summed E-state index contributed by atoms with van der Waals surface area (Å²) >= 11 is 0. The van der Waals surface area contributed by atoms with E-state index in [1.54, 1.807) is 0 Å². The second-order valence-electron chi connectivity index (χ2n) is 11.4. The Morgan fingerprint density at radius 1 is 0.767 bits per heavy atom. The Labute approximate surface area is 255 Å². The van der Waals surface area contributed by atoms with Gasteiger partial charge in [-0.15, -0.1) is 0 Å². The van der Waals surface area contributed by atoms with Crippen LogP contribution in [0.2, 0.25) is 0 Å². The molecule has 2 aromatic rings. The Morgan fingerprint density at radius 2 is 1.26 bits per heavy atom. The number of benzene rings is 2. The molecule has 2 saturated heterocycles. The van der Waals surface area contributed by atoms with E-state index in [2.05, 4.69) is 29.2 Å². The molecule has 0 saturated carbocycles. The van der Waals surface area contributed by atoms with Gasteiger partial charge in [0.1, 0.15) is 0 Å². The Kier molecular flexibility index (Phi) is 12.6. The van der Waals surface area contributed by atoms with Gasteiger partial charge in [0.2, 0.25) is 5.91 Å². The van der Waals surface area contributed by atoms with Gasteiger partial charge in [-0.05, 0) is 60.1 Å². The first kappa shape index (κ1) is 33.1. The van der Waals surface area contributed by atoms with Crippen molar-refractivity contribution in [1.82, 2.24) is 20.0 Å². The molecular formula is C30H44B2N4O7. The monoisotopic (exact) mass is 594 g/mol. The maximum Gasteiger partial charge on any atom is 0.492 e. The van der Waals surface area contributed by atoms with Crippen LogP contribution in [-0.4, -0.2) is 122 Å². The standard InChI is InChI=1S/C15H21BN2O3.C10H11BO4.C5H12N2/c1-17-7-9-18(10-8-17)14(19)6-5-12-3-2-4-13-11-21-16(20)15(12)13;12-9(13)5-4-7-2-1-3-8-6-15-11(14)10(7)8;1-7-4-2-6-3-5-7/h2-4,20H,5-11H2,1H3;1-3,14H,4-6H2,(H,12,13);6H,2-5H2,1H3. The fraction of sp³-hybridized carbons (Fsp3) is 0.533. The topological polar surface area (TPSA) is 135 Å². The molecule has 1 amide bonds. The van der Waals surface area contributed by atoms with Crippen molar-refractivity contribution in [2.45, 2.75) is 38.9 Å². The second-order valence-corrected chi connectivity index (χ2v) is 11.4. The third-order valence-electron chi connectivity index (χ3n) is 8.27. The number of likely N-dealkylation sites (N-methyl/N-ethyl adjacent to an activating group) is 2. The first-order chi connectivity index (χ1) is 20.7.